The Morgan fingerprint density at radius 1 is 0.500 bits per heavy atom. The summed E-state index contributed by atoms with van der Waals surface area (Å²) in [6.45, 7) is 18.7. The van der Waals surface area contributed by atoms with E-state index in [9.17, 15) is 0 Å². The SMILES string of the molecule is Cc1cccc(C)c1Cc1cc2ccccc2c(-c2c(OPOc3ccccc3C3OCC(C)(C)CO3)c(C(=O)Oc3c(C)cccc3C)cc3ccccc23)c1OPOc1ccccc1C1OCC(C)(C)CO1. The molecule has 0 saturated carbocycles. The van der Waals surface area contributed by atoms with Crippen molar-refractivity contribution in [3.05, 3.63) is 196 Å². The van der Waals surface area contributed by atoms with Gasteiger partial charge < -0.3 is 41.8 Å². The number of benzene rings is 8. The number of hydrogen-bond donors (Lipinski definition) is 0. The van der Waals surface area contributed by atoms with E-state index < -0.39 is 36.6 Å². The van der Waals surface area contributed by atoms with Gasteiger partial charge in [0.05, 0.1) is 37.6 Å². The van der Waals surface area contributed by atoms with Crippen molar-refractivity contribution in [1.29, 1.82) is 0 Å². The number of para-hydroxylation sites is 3. The molecule has 0 aliphatic carbocycles. The lowest BCUT2D eigenvalue weighted by atomic mass is 9.87. The monoisotopic (exact) mass is 1030 g/mol. The number of aryl methyl sites for hydroxylation is 4. The Morgan fingerprint density at radius 2 is 0.932 bits per heavy atom. The summed E-state index contributed by atoms with van der Waals surface area (Å²) in [5.74, 6) is 1.87. The van der Waals surface area contributed by atoms with Crippen molar-refractivity contribution in [2.45, 2.75) is 74.4 Å². The molecule has 2 aliphatic heterocycles. The summed E-state index contributed by atoms with van der Waals surface area (Å²) in [6, 6.07) is 47.9. The van der Waals surface area contributed by atoms with Crippen LogP contribution < -0.4 is 22.8 Å². The zero-order chi connectivity index (χ0) is 51.6. The standard InChI is InChI=1S/C62H62O10P2/c1-38-19-17-20-39(2)49(38)33-44-31-42-23-9-11-25-45(42)53(56(44)71-73-69-51-29-15-13-27-47(51)59-64-34-61(5,6)35-65-59)54-46-26-12-10-24-43(46)32-50(58(63)68-55-40(3)21-18-22-41(55)4)57(54)72-74-70-52-30-16-14-28-48(52)60-66-36-62(7,8)37-67-60/h9-32,59-60,73-74H,33-37H2,1-8H3. The Hall–Kier alpha value is -6.35. The minimum Gasteiger partial charge on any atom is -0.440 e. The third kappa shape index (κ3) is 11.0. The smallest absolute Gasteiger partial charge is 0.347 e. The van der Waals surface area contributed by atoms with Crippen molar-refractivity contribution in [3.63, 3.8) is 0 Å². The maximum absolute atomic E-state index is 15.1. The molecule has 8 aromatic rings. The second kappa shape index (κ2) is 21.9. The lowest BCUT2D eigenvalue weighted by molar-refractivity contribution is -0.226. The van der Waals surface area contributed by atoms with Crippen LogP contribution >= 0.6 is 18.1 Å². The van der Waals surface area contributed by atoms with Crippen LogP contribution in [-0.4, -0.2) is 32.4 Å². The lowest BCUT2D eigenvalue weighted by Crippen LogP contribution is -2.33. The number of carbonyl (C=O) groups excluding carboxylic acids is 1. The molecule has 74 heavy (non-hydrogen) atoms. The van der Waals surface area contributed by atoms with E-state index in [-0.39, 0.29) is 22.1 Å². The molecular weight excluding hydrogens is 967 g/mol. The fourth-order valence-corrected chi connectivity index (χ4v) is 10.9. The molecule has 2 heterocycles. The maximum Gasteiger partial charge on any atom is 0.347 e. The maximum atomic E-state index is 15.1. The molecule has 0 amide bonds. The van der Waals surface area contributed by atoms with Gasteiger partial charge in [0.15, 0.2) is 12.6 Å². The van der Waals surface area contributed by atoms with E-state index in [1.807, 2.05) is 123 Å². The fourth-order valence-electron chi connectivity index (χ4n) is 9.64. The largest absolute Gasteiger partial charge is 0.440 e. The number of carbonyl (C=O) groups is 1. The number of hydrogen-bond acceptors (Lipinski definition) is 10. The van der Waals surface area contributed by atoms with Crippen molar-refractivity contribution in [2.75, 3.05) is 26.4 Å². The second-order valence-corrected chi connectivity index (χ2v) is 22.0. The van der Waals surface area contributed by atoms with E-state index in [0.717, 1.165) is 66.1 Å². The van der Waals surface area contributed by atoms with E-state index >= 15 is 4.79 Å². The number of fused-ring (bicyclic) bond motifs is 2. The lowest BCUT2D eigenvalue weighted by Gasteiger charge is -2.35. The third-order valence-electron chi connectivity index (χ3n) is 13.6. The average Bonchev–Trinajstić information content (AvgIpc) is 3.39. The molecule has 0 bridgehead atoms. The normalized spacial score (nSPS) is 16.1. The minimum atomic E-state index is -0.631. The number of esters is 1. The van der Waals surface area contributed by atoms with Crippen molar-refractivity contribution in [2.24, 2.45) is 10.8 Å². The van der Waals surface area contributed by atoms with E-state index in [4.69, 9.17) is 41.8 Å². The van der Waals surface area contributed by atoms with Gasteiger partial charge in [0.1, 0.15) is 34.3 Å². The molecule has 2 aliphatic rings. The van der Waals surface area contributed by atoms with Gasteiger partial charge in [-0.2, -0.15) is 0 Å². The molecule has 2 fully saturated rings. The van der Waals surface area contributed by atoms with Crippen LogP contribution in [0.5, 0.6) is 28.7 Å². The van der Waals surface area contributed by atoms with Gasteiger partial charge >= 0.3 is 5.97 Å². The first kappa shape index (κ1) is 51.1. The molecular formula is C62H62O10P2. The Balaban J connectivity index is 1.14. The molecule has 2 saturated heterocycles. The van der Waals surface area contributed by atoms with Crippen molar-refractivity contribution in [1.82, 2.24) is 0 Å². The average molecular weight is 1030 g/mol. The van der Waals surface area contributed by atoms with Crippen LogP contribution in [0.4, 0.5) is 0 Å². The van der Waals surface area contributed by atoms with Gasteiger partial charge in [0.25, 0.3) is 18.1 Å². The van der Waals surface area contributed by atoms with Gasteiger partial charge in [-0.1, -0.05) is 149 Å². The predicted molar refractivity (Wildman–Crippen MR) is 295 cm³/mol. The van der Waals surface area contributed by atoms with Crippen LogP contribution in [0, 0.1) is 38.5 Å². The van der Waals surface area contributed by atoms with Crippen molar-refractivity contribution in [3.8, 4) is 39.9 Å². The van der Waals surface area contributed by atoms with Crippen LogP contribution in [0.1, 0.15) is 95.1 Å². The fraction of sp³-hybridized carbons (Fsp3) is 0.274. The first-order chi connectivity index (χ1) is 35.7. The summed E-state index contributed by atoms with van der Waals surface area (Å²) in [5.41, 5.74) is 8.92. The molecule has 0 N–H and O–H groups in total. The number of rotatable bonds is 15. The van der Waals surface area contributed by atoms with Gasteiger partial charge in [0, 0.05) is 33.9 Å². The molecule has 10 nitrogen and oxygen atoms in total. The topological polar surface area (TPSA) is 100 Å². The zero-order valence-electron chi connectivity index (χ0n) is 43.1. The highest BCUT2D eigenvalue weighted by atomic mass is 31.1. The van der Waals surface area contributed by atoms with Crippen molar-refractivity contribution >= 4 is 45.6 Å². The summed E-state index contributed by atoms with van der Waals surface area (Å²) < 4.78 is 58.8. The molecule has 0 aromatic heterocycles. The molecule has 0 radical (unpaired) electrons. The first-order valence-corrected chi connectivity index (χ1v) is 26.6. The molecule has 10 rings (SSSR count). The van der Waals surface area contributed by atoms with Crippen LogP contribution in [-0.2, 0) is 25.4 Å². The summed E-state index contributed by atoms with van der Waals surface area (Å²) in [5, 5.41) is 3.48. The van der Waals surface area contributed by atoms with Crippen LogP contribution in [0.2, 0.25) is 0 Å². The highest BCUT2D eigenvalue weighted by Crippen LogP contribution is 2.52. The van der Waals surface area contributed by atoms with E-state index in [1.54, 1.807) is 0 Å². The molecule has 12 heteroatoms. The molecule has 2 atom stereocenters. The van der Waals surface area contributed by atoms with E-state index in [1.165, 1.54) is 5.56 Å². The quantitative estimate of drug-likeness (QED) is 0.0561. The van der Waals surface area contributed by atoms with Gasteiger partial charge in [0.2, 0.25) is 0 Å². The predicted octanol–water partition coefficient (Wildman–Crippen LogP) is 15.8. The summed E-state index contributed by atoms with van der Waals surface area (Å²) >= 11 is 0. The van der Waals surface area contributed by atoms with Crippen LogP contribution in [0.3, 0.4) is 0 Å². The van der Waals surface area contributed by atoms with Gasteiger partial charge in [-0.25, -0.2) is 4.79 Å². The molecule has 2 unspecified atom stereocenters. The minimum absolute atomic E-state index is 0.108. The highest BCUT2D eigenvalue weighted by Gasteiger charge is 2.34. The zero-order valence-corrected chi connectivity index (χ0v) is 45.1. The van der Waals surface area contributed by atoms with Gasteiger partial charge in [-0.05, 0) is 101 Å². The van der Waals surface area contributed by atoms with Crippen molar-refractivity contribution < 1.29 is 46.6 Å². The number of ether oxygens (including phenoxy) is 5. The summed E-state index contributed by atoms with van der Waals surface area (Å²) in [4.78, 5) is 15.1. The Bertz CT molecular complexity index is 3310. The third-order valence-corrected chi connectivity index (χ3v) is 14.8. The Kier molecular flexibility index (Phi) is 15.1. The van der Waals surface area contributed by atoms with Gasteiger partial charge in [-0.3, -0.25) is 0 Å². The first-order valence-electron chi connectivity index (χ1n) is 25.0. The van der Waals surface area contributed by atoms with Gasteiger partial charge in [-0.15, -0.1) is 0 Å². The molecule has 380 valence electrons. The summed E-state index contributed by atoms with van der Waals surface area (Å²) in [6.07, 6.45) is -0.681. The Labute approximate surface area is 437 Å². The van der Waals surface area contributed by atoms with E-state index in [2.05, 4.69) is 77.9 Å². The molecule has 8 aromatic carbocycles. The van der Waals surface area contributed by atoms with Crippen LogP contribution in [0.15, 0.2) is 146 Å². The Morgan fingerprint density at radius 3 is 1.46 bits per heavy atom. The summed E-state index contributed by atoms with van der Waals surface area (Å²) in [7, 11) is -1.15. The van der Waals surface area contributed by atoms with E-state index in [0.29, 0.717) is 61.4 Å². The second-order valence-electron chi connectivity index (χ2n) is 20.9. The van der Waals surface area contributed by atoms with Crippen LogP contribution in [0.25, 0.3) is 32.7 Å². The highest BCUT2D eigenvalue weighted by molar-refractivity contribution is 7.27. The molecule has 0 spiro atoms.